The van der Waals surface area contributed by atoms with Gasteiger partial charge >= 0.3 is 0 Å². The molecule has 1 heterocycles. The SMILES string of the molecule is CCn1c(CNC2(C)CCCCC2)nc2ccccc21. The molecule has 0 bridgehead atoms. The normalized spacial score (nSPS) is 18.5. The molecule has 3 nitrogen and oxygen atoms in total. The number of aromatic nitrogens is 2. The van der Waals surface area contributed by atoms with Crippen LogP contribution in [-0.4, -0.2) is 15.1 Å². The largest absolute Gasteiger partial charge is 0.327 e. The Kier molecular flexibility index (Phi) is 3.79. The molecular weight excluding hydrogens is 246 g/mol. The lowest BCUT2D eigenvalue weighted by Crippen LogP contribution is -2.43. The van der Waals surface area contributed by atoms with Crippen LogP contribution in [0.2, 0.25) is 0 Å². The minimum absolute atomic E-state index is 0.301. The molecule has 1 fully saturated rings. The Labute approximate surface area is 121 Å². The van der Waals surface area contributed by atoms with Gasteiger partial charge in [-0.05, 0) is 38.8 Å². The minimum atomic E-state index is 0.301. The number of nitrogens with zero attached hydrogens (tertiary/aromatic N) is 2. The Morgan fingerprint density at radius 2 is 1.95 bits per heavy atom. The minimum Gasteiger partial charge on any atom is -0.327 e. The van der Waals surface area contributed by atoms with Crippen molar-refractivity contribution < 1.29 is 0 Å². The van der Waals surface area contributed by atoms with Crippen molar-refractivity contribution in [2.24, 2.45) is 0 Å². The average molecular weight is 271 g/mol. The van der Waals surface area contributed by atoms with Crippen LogP contribution in [0.15, 0.2) is 24.3 Å². The van der Waals surface area contributed by atoms with Crippen LogP contribution in [0.3, 0.4) is 0 Å². The molecule has 1 aliphatic rings. The van der Waals surface area contributed by atoms with E-state index >= 15 is 0 Å². The lowest BCUT2D eigenvalue weighted by atomic mass is 9.83. The van der Waals surface area contributed by atoms with Gasteiger partial charge in [0.1, 0.15) is 5.82 Å². The van der Waals surface area contributed by atoms with E-state index in [4.69, 9.17) is 4.98 Å². The van der Waals surface area contributed by atoms with Crippen molar-refractivity contribution in [1.82, 2.24) is 14.9 Å². The number of hydrogen-bond acceptors (Lipinski definition) is 2. The van der Waals surface area contributed by atoms with Gasteiger partial charge in [0.15, 0.2) is 0 Å². The highest BCUT2D eigenvalue weighted by atomic mass is 15.1. The zero-order chi connectivity index (χ0) is 14.0. The van der Waals surface area contributed by atoms with Gasteiger partial charge in [-0.15, -0.1) is 0 Å². The molecular formula is C17H25N3. The second-order valence-electron chi connectivity index (χ2n) is 6.24. The Bertz CT molecular complexity index is 579. The summed E-state index contributed by atoms with van der Waals surface area (Å²) in [6.07, 6.45) is 6.69. The molecule has 1 aliphatic carbocycles. The van der Waals surface area contributed by atoms with E-state index in [1.54, 1.807) is 0 Å². The standard InChI is InChI=1S/C17H25N3/c1-3-20-15-10-6-5-9-14(15)19-16(20)13-18-17(2)11-7-4-8-12-17/h5-6,9-10,18H,3-4,7-8,11-13H2,1-2H3. The van der Waals surface area contributed by atoms with E-state index < -0.39 is 0 Å². The Hall–Kier alpha value is -1.35. The van der Waals surface area contributed by atoms with Crippen LogP contribution >= 0.6 is 0 Å². The Morgan fingerprint density at radius 3 is 2.70 bits per heavy atom. The monoisotopic (exact) mass is 271 g/mol. The van der Waals surface area contributed by atoms with E-state index in [9.17, 15) is 0 Å². The van der Waals surface area contributed by atoms with Gasteiger partial charge in [-0.3, -0.25) is 0 Å². The highest BCUT2D eigenvalue weighted by Gasteiger charge is 2.26. The molecule has 0 saturated heterocycles. The molecule has 20 heavy (non-hydrogen) atoms. The first-order valence-corrected chi connectivity index (χ1v) is 7.91. The van der Waals surface area contributed by atoms with E-state index in [1.807, 2.05) is 0 Å². The van der Waals surface area contributed by atoms with E-state index in [1.165, 1.54) is 43.4 Å². The second-order valence-corrected chi connectivity index (χ2v) is 6.24. The van der Waals surface area contributed by atoms with Crippen LogP contribution in [0.5, 0.6) is 0 Å². The molecule has 3 rings (SSSR count). The van der Waals surface area contributed by atoms with Crippen LogP contribution in [0.1, 0.15) is 51.8 Å². The fraction of sp³-hybridized carbons (Fsp3) is 0.588. The summed E-state index contributed by atoms with van der Waals surface area (Å²) >= 11 is 0. The molecule has 3 heteroatoms. The summed E-state index contributed by atoms with van der Waals surface area (Å²) in [5.41, 5.74) is 2.66. The molecule has 0 aliphatic heterocycles. The van der Waals surface area contributed by atoms with E-state index in [0.717, 1.165) is 18.6 Å². The summed E-state index contributed by atoms with van der Waals surface area (Å²) in [6, 6.07) is 8.43. The first kappa shape index (κ1) is 13.6. The molecule has 108 valence electrons. The van der Waals surface area contributed by atoms with E-state index in [2.05, 4.69) is 48.0 Å². The molecule has 0 atom stereocenters. The summed E-state index contributed by atoms with van der Waals surface area (Å²) in [5.74, 6) is 1.17. The molecule has 0 spiro atoms. The number of rotatable bonds is 4. The van der Waals surface area contributed by atoms with Crippen LogP contribution in [0.25, 0.3) is 11.0 Å². The summed E-state index contributed by atoms with van der Waals surface area (Å²) in [7, 11) is 0. The van der Waals surface area contributed by atoms with Crippen molar-refractivity contribution in [1.29, 1.82) is 0 Å². The first-order valence-electron chi connectivity index (χ1n) is 7.91. The van der Waals surface area contributed by atoms with Crippen molar-refractivity contribution in [3.8, 4) is 0 Å². The van der Waals surface area contributed by atoms with Crippen LogP contribution in [0, 0.1) is 0 Å². The zero-order valence-corrected chi connectivity index (χ0v) is 12.7. The number of fused-ring (bicyclic) bond motifs is 1. The number of benzene rings is 1. The van der Waals surface area contributed by atoms with Gasteiger partial charge in [0, 0.05) is 12.1 Å². The molecule has 0 amide bonds. The zero-order valence-electron chi connectivity index (χ0n) is 12.7. The van der Waals surface area contributed by atoms with Crippen molar-refractivity contribution in [2.75, 3.05) is 0 Å². The predicted octanol–water partition coefficient (Wildman–Crippen LogP) is 3.87. The fourth-order valence-corrected chi connectivity index (χ4v) is 3.41. The van der Waals surface area contributed by atoms with Gasteiger partial charge in [0.05, 0.1) is 17.6 Å². The smallest absolute Gasteiger partial charge is 0.123 e. The third-order valence-corrected chi connectivity index (χ3v) is 4.68. The number of para-hydroxylation sites is 2. The summed E-state index contributed by atoms with van der Waals surface area (Å²) < 4.78 is 2.33. The number of nitrogens with one attached hydrogen (secondary N) is 1. The Morgan fingerprint density at radius 1 is 1.20 bits per heavy atom. The van der Waals surface area contributed by atoms with Crippen LogP contribution in [0.4, 0.5) is 0 Å². The molecule has 1 aromatic carbocycles. The summed E-state index contributed by atoms with van der Waals surface area (Å²) in [6.45, 7) is 6.41. The highest BCUT2D eigenvalue weighted by Crippen LogP contribution is 2.28. The first-order chi connectivity index (χ1) is 9.72. The topological polar surface area (TPSA) is 29.9 Å². The maximum Gasteiger partial charge on any atom is 0.123 e. The Balaban J connectivity index is 1.80. The summed E-state index contributed by atoms with van der Waals surface area (Å²) in [5, 5.41) is 3.77. The van der Waals surface area contributed by atoms with Gasteiger partial charge in [0.25, 0.3) is 0 Å². The predicted molar refractivity (Wildman–Crippen MR) is 83.7 cm³/mol. The van der Waals surface area contributed by atoms with Gasteiger partial charge in [-0.25, -0.2) is 4.98 Å². The molecule has 2 aromatic rings. The van der Waals surface area contributed by atoms with Crippen LogP contribution < -0.4 is 5.32 Å². The fourth-order valence-electron chi connectivity index (χ4n) is 3.41. The van der Waals surface area contributed by atoms with Gasteiger partial charge < -0.3 is 9.88 Å². The molecule has 0 unspecified atom stereocenters. The lowest BCUT2D eigenvalue weighted by Gasteiger charge is -2.34. The maximum absolute atomic E-state index is 4.80. The number of aryl methyl sites for hydroxylation is 1. The molecule has 1 aromatic heterocycles. The summed E-state index contributed by atoms with van der Waals surface area (Å²) in [4.78, 5) is 4.80. The van der Waals surface area contributed by atoms with Crippen molar-refractivity contribution >= 4 is 11.0 Å². The number of imidazole rings is 1. The van der Waals surface area contributed by atoms with Crippen molar-refractivity contribution in [3.63, 3.8) is 0 Å². The third kappa shape index (κ3) is 2.59. The second kappa shape index (κ2) is 5.57. The highest BCUT2D eigenvalue weighted by molar-refractivity contribution is 5.75. The molecule has 0 radical (unpaired) electrons. The van der Waals surface area contributed by atoms with Gasteiger partial charge in [-0.2, -0.15) is 0 Å². The van der Waals surface area contributed by atoms with Gasteiger partial charge in [-0.1, -0.05) is 31.4 Å². The molecule has 1 N–H and O–H groups in total. The average Bonchev–Trinajstić information content (AvgIpc) is 2.83. The van der Waals surface area contributed by atoms with Gasteiger partial charge in [0.2, 0.25) is 0 Å². The third-order valence-electron chi connectivity index (χ3n) is 4.68. The van der Waals surface area contributed by atoms with E-state index in [-0.39, 0.29) is 0 Å². The van der Waals surface area contributed by atoms with Crippen molar-refractivity contribution in [3.05, 3.63) is 30.1 Å². The number of hydrogen-bond donors (Lipinski definition) is 1. The lowest BCUT2D eigenvalue weighted by molar-refractivity contribution is 0.249. The quantitative estimate of drug-likeness (QED) is 0.915. The molecule has 1 saturated carbocycles. The maximum atomic E-state index is 4.80. The van der Waals surface area contributed by atoms with Crippen molar-refractivity contribution in [2.45, 2.75) is 64.6 Å². The van der Waals surface area contributed by atoms with E-state index in [0.29, 0.717) is 5.54 Å². The van der Waals surface area contributed by atoms with Crippen LogP contribution in [-0.2, 0) is 13.1 Å².